The van der Waals surface area contributed by atoms with Gasteiger partial charge >= 0.3 is 5.97 Å². The van der Waals surface area contributed by atoms with Gasteiger partial charge in [-0.15, -0.1) is 11.3 Å². The lowest BCUT2D eigenvalue weighted by Crippen LogP contribution is -2.32. The number of fused-ring (bicyclic) bond motifs is 6. The van der Waals surface area contributed by atoms with Crippen molar-refractivity contribution in [1.82, 2.24) is 4.98 Å². The highest BCUT2D eigenvalue weighted by Crippen LogP contribution is 2.53. The van der Waals surface area contributed by atoms with Gasteiger partial charge < -0.3 is 4.74 Å². The number of ether oxygens (including phenoxy) is 1. The standard InChI is InChI=1S/C20H18N2O4S2/c1-2-26-15(23)9-27-20-21-13-6-5-12(8-14(13)28-20)22-18(24)16-10-3-4-11(7-10)17(16)19(22)25/h3-6,8,10-11,16-17H,2,7,9H2,1H3/t10-,11-,16-,17+/m0/s1. The molecule has 2 aromatic rings. The maximum Gasteiger partial charge on any atom is 0.316 e. The van der Waals surface area contributed by atoms with E-state index in [1.54, 1.807) is 13.0 Å². The van der Waals surface area contributed by atoms with E-state index >= 15 is 0 Å². The smallest absolute Gasteiger partial charge is 0.316 e. The fraction of sp³-hybridized carbons (Fsp3) is 0.400. The largest absolute Gasteiger partial charge is 0.465 e. The number of imide groups is 1. The summed E-state index contributed by atoms with van der Waals surface area (Å²) in [6.45, 7) is 2.14. The Kier molecular flexibility index (Phi) is 4.28. The van der Waals surface area contributed by atoms with Crippen LogP contribution in [0.2, 0.25) is 0 Å². The van der Waals surface area contributed by atoms with Gasteiger partial charge in [-0.1, -0.05) is 23.9 Å². The van der Waals surface area contributed by atoms with E-state index in [1.807, 2.05) is 12.1 Å². The topological polar surface area (TPSA) is 76.6 Å². The van der Waals surface area contributed by atoms with Crippen molar-refractivity contribution in [1.29, 1.82) is 0 Å². The molecular formula is C20H18N2O4S2. The third-order valence-electron chi connectivity index (χ3n) is 5.70. The van der Waals surface area contributed by atoms with E-state index in [1.165, 1.54) is 28.0 Å². The Hall–Kier alpha value is -2.19. The van der Waals surface area contributed by atoms with Crippen LogP contribution in [0, 0.1) is 23.7 Å². The average molecular weight is 415 g/mol. The molecule has 0 radical (unpaired) electrons. The molecule has 28 heavy (non-hydrogen) atoms. The van der Waals surface area contributed by atoms with Crippen molar-refractivity contribution < 1.29 is 19.1 Å². The predicted octanol–water partition coefficient (Wildman–Crippen LogP) is 3.26. The number of rotatable bonds is 5. The van der Waals surface area contributed by atoms with Gasteiger partial charge in [0.2, 0.25) is 11.8 Å². The van der Waals surface area contributed by atoms with Crippen LogP contribution in [0.1, 0.15) is 13.3 Å². The first kappa shape index (κ1) is 17.9. The summed E-state index contributed by atoms with van der Waals surface area (Å²) in [5.74, 6) is -0.201. The van der Waals surface area contributed by atoms with Crippen molar-refractivity contribution in [3.63, 3.8) is 0 Å². The zero-order chi connectivity index (χ0) is 19.4. The number of thiazole rings is 1. The predicted molar refractivity (Wildman–Crippen MR) is 107 cm³/mol. The number of anilines is 1. The molecule has 1 saturated carbocycles. The minimum atomic E-state index is -0.268. The molecule has 5 rings (SSSR count). The van der Waals surface area contributed by atoms with Crippen LogP contribution in [0.5, 0.6) is 0 Å². The highest BCUT2D eigenvalue weighted by atomic mass is 32.2. The summed E-state index contributed by atoms with van der Waals surface area (Å²) in [7, 11) is 0. The second kappa shape index (κ2) is 6.70. The van der Waals surface area contributed by atoms with Gasteiger partial charge in [-0.3, -0.25) is 14.4 Å². The van der Waals surface area contributed by atoms with Crippen LogP contribution >= 0.6 is 23.1 Å². The highest BCUT2D eigenvalue weighted by Gasteiger charge is 2.59. The summed E-state index contributed by atoms with van der Waals surface area (Å²) in [6.07, 6.45) is 5.12. The molecule has 4 atom stereocenters. The van der Waals surface area contributed by atoms with Gasteiger partial charge in [-0.05, 0) is 43.4 Å². The van der Waals surface area contributed by atoms with Crippen LogP contribution < -0.4 is 4.90 Å². The first-order valence-corrected chi connectivity index (χ1v) is 11.1. The fourth-order valence-electron chi connectivity index (χ4n) is 4.57. The number of hydrogen-bond acceptors (Lipinski definition) is 7. The van der Waals surface area contributed by atoms with Gasteiger partial charge in [0.1, 0.15) is 0 Å². The molecule has 2 aliphatic carbocycles. The third-order valence-corrected chi connectivity index (χ3v) is 7.83. The van der Waals surface area contributed by atoms with Crippen LogP contribution in [0.15, 0.2) is 34.7 Å². The van der Waals surface area contributed by atoms with E-state index in [2.05, 4.69) is 17.1 Å². The number of thioether (sulfide) groups is 1. The summed E-state index contributed by atoms with van der Waals surface area (Å²) in [5.41, 5.74) is 1.41. The molecule has 1 saturated heterocycles. The number of esters is 1. The molecule has 0 N–H and O–H groups in total. The van der Waals surface area contributed by atoms with Crippen LogP contribution in [0.25, 0.3) is 10.2 Å². The zero-order valence-corrected chi connectivity index (χ0v) is 16.8. The van der Waals surface area contributed by atoms with Gasteiger partial charge in [0.25, 0.3) is 0 Å². The fourth-order valence-corrected chi connectivity index (χ4v) is 6.47. The molecule has 8 heteroatoms. The van der Waals surface area contributed by atoms with Gasteiger partial charge in [-0.2, -0.15) is 0 Å². The molecule has 2 amide bonds. The second-order valence-corrected chi connectivity index (χ2v) is 9.49. The molecule has 1 aliphatic heterocycles. The summed E-state index contributed by atoms with van der Waals surface area (Å²) >= 11 is 2.78. The summed E-state index contributed by atoms with van der Waals surface area (Å²) < 4.78 is 6.59. The Morgan fingerprint density at radius 3 is 2.64 bits per heavy atom. The maximum absolute atomic E-state index is 13.0. The third kappa shape index (κ3) is 2.69. The molecule has 0 unspecified atom stereocenters. The minimum Gasteiger partial charge on any atom is -0.465 e. The zero-order valence-electron chi connectivity index (χ0n) is 15.2. The molecule has 1 aromatic heterocycles. The Balaban J connectivity index is 1.39. The summed E-state index contributed by atoms with van der Waals surface area (Å²) in [4.78, 5) is 43.4. The summed E-state index contributed by atoms with van der Waals surface area (Å²) in [5, 5.41) is 0. The number of carbonyl (C=O) groups is 3. The van der Waals surface area contributed by atoms with Gasteiger partial charge in [0, 0.05) is 0 Å². The van der Waals surface area contributed by atoms with Crippen molar-refractivity contribution in [3.8, 4) is 0 Å². The number of amides is 2. The summed E-state index contributed by atoms with van der Waals surface area (Å²) in [6, 6.07) is 5.47. The molecular weight excluding hydrogens is 396 g/mol. The van der Waals surface area contributed by atoms with Crippen molar-refractivity contribution in [3.05, 3.63) is 30.4 Å². The molecule has 2 fully saturated rings. The first-order valence-electron chi connectivity index (χ1n) is 9.32. The van der Waals surface area contributed by atoms with Gasteiger partial charge in [0.15, 0.2) is 4.34 Å². The number of allylic oxidation sites excluding steroid dienone is 2. The Morgan fingerprint density at radius 2 is 1.96 bits per heavy atom. The number of hydrogen-bond donors (Lipinski definition) is 0. The molecule has 1 aromatic carbocycles. The monoisotopic (exact) mass is 414 g/mol. The molecule has 0 spiro atoms. The molecule has 3 aliphatic rings. The van der Waals surface area contributed by atoms with E-state index in [0.717, 1.165) is 21.0 Å². The first-order chi connectivity index (χ1) is 13.6. The number of aromatic nitrogens is 1. The normalized spacial score (nSPS) is 27.8. The Bertz CT molecular complexity index is 1000. The highest BCUT2D eigenvalue weighted by molar-refractivity contribution is 8.01. The molecule has 144 valence electrons. The van der Waals surface area contributed by atoms with Crippen molar-refractivity contribution >= 4 is 56.8 Å². The van der Waals surface area contributed by atoms with Crippen molar-refractivity contribution in [2.24, 2.45) is 23.7 Å². The number of nitrogens with zero attached hydrogens (tertiary/aromatic N) is 2. The van der Waals surface area contributed by atoms with Crippen LogP contribution in [0.3, 0.4) is 0 Å². The van der Waals surface area contributed by atoms with Crippen LogP contribution in [0.4, 0.5) is 5.69 Å². The van der Waals surface area contributed by atoms with E-state index in [4.69, 9.17) is 4.74 Å². The van der Waals surface area contributed by atoms with E-state index < -0.39 is 0 Å². The van der Waals surface area contributed by atoms with E-state index in [0.29, 0.717) is 12.3 Å². The Morgan fingerprint density at radius 1 is 1.25 bits per heavy atom. The number of carbonyl (C=O) groups excluding carboxylic acids is 3. The van der Waals surface area contributed by atoms with Crippen molar-refractivity contribution in [2.75, 3.05) is 17.3 Å². The lowest BCUT2D eigenvalue weighted by atomic mass is 9.85. The lowest BCUT2D eigenvalue weighted by molar-refractivity contribution is -0.139. The maximum atomic E-state index is 13.0. The Labute approximate surface area is 169 Å². The number of benzene rings is 1. The van der Waals surface area contributed by atoms with E-state index in [-0.39, 0.29) is 47.2 Å². The van der Waals surface area contributed by atoms with Crippen LogP contribution in [-0.4, -0.2) is 35.1 Å². The van der Waals surface area contributed by atoms with E-state index in [9.17, 15) is 14.4 Å². The van der Waals surface area contributed by atoms with Crippen LogP contribution in [-0.2, 0) is 19.1 Å². The second-order valence-electron chi connectivity index (χ2n) is 7.24. The van der Waals surface area contributed by atoms with Gasteiger partial charge in [0.05, 0.1) is 40.1 Å². The quantitative estimate of drug-likeness (QED) is 0.324. The molecule has 2 bridgehead atoms. The molecule has 6 nitrogen and oxygen atoms in total. The minimum absolute atomic E-state index is 0.0763. The van der Waals surface area contributed by atoms with Gasteiger partial charge in [-0.25, -0.2) is 9.88 Å². The lowest BCUT2D eigenvalue weighted by Gasteiger charge is -2.17. The van der Waals surface area contributed by atoms with Crippen molar-refractivity contribution in [2.45, 2.75) is 17.7 Å². The SMILES string of the molecule is CCOC(=O)CSc1nc2ccc(N3C(=O)[C@@H]4[C@H](C3=O)[C@H]3C=C[C@H]4C3)cc2s1. The molecule has 2 heterocycles. The average Bonchev–Trinajstić information content (AvgIpc) is 3.42.